The highest BCUT2D eigenvalue weighted by Crippen LogP contribution is 2.65. The number of benzene rings is 1. The minimum Gasteiger partial charge on any atom is -0.403 e. The molecule has 1 saturated heterocycles. The van der Waals surface area contributed by atoms with E-state index in [-0.39, 0.29) is 24.9 Å². The summed E-state index contributed by atoms with van der Waals surface area (Å²) in [4.78, 5) is 14.2. The zero-order chi connectivity index (χ0) is 19.2. The van der Waals surface area contributed by atoms with Crippen molar-refractivity contribution in [3.05, 3.63) is 29.3 Å². The van der Waals surface area contributed by atoms with Crippen LogP contribution in [0.4, 0.5) is 14.8 Å². The Morgan fingerprint density at radius 1 is 1.37 bits per heavy atom. The number of anilines is 1. The molecular weight excluding hydrogens is 378 g/mol. The van der Waals surface area contributed by atoms with E-state index in [4.69, 9.17) is 16.0 Å². The number of carbonyl (C=O) groups excluding carboxylic acids is 1. The van der Waals surface area contributed by atoms with Gasteiger partial charge in [0.15, 0.2) is 0 Å². The number of likely N-dealkylation sites (tertiary alicyclic amines) is 1. The van der Waals surface area contributed by atoms with Crippen molar-refractivity contribution >= 4 is 23.5 Å². The van der Waals surface area contributed by atoms with Crippen molar-refractivity contribution in [2.75, 3.05) is 18.4 Å². The van der Waals surface area contributed by atoms with Gasteiger partial charge in [-0.05, 0) is 37.1 Å². The summed E-state index contributed by atoms with van der Waals surface area (Å²) in [6, 6.07) is 6.44. The number of nitrogens with one attached hydrogen (secondary N) is 1. The number of carbonyl (C=O) groups is 1. The summed E-state index contributed by atoms with van der Waals surface area (Å²) in [7, 11) is 0. The SMILES string of the molecule is CC[C@@H](Nc1nnc(-c2ccc(Cl)cc2)o1)C(=O)N1CC[C@]2(C1)CC2(F)F. The van der Waals surface area contributed by atoms with Gasteiger partial charge in [0.25, 0.3) is 5.92 Å². The first-order valence-electron chi connectivity index (χ1n) is 8.86. The van der Waals surface area contributed by atoms with E-state index in [0.29, 0.717) is 35.9 Å². The van der Waals surface area contributed by atoms with E-state index in [0.717, 1.165) is 0 Å². The van der Waals surface area contributed by atoms with Gasteiger partial charge in [0, 0.05) is 30.1 Å². The molecule has 1 amide bonds. The maximum Gasteiger partial charge on any atom is 0.316 e. The van der Waals surface area contributed by atoms with Gasteiger partial charge in [-0.2, -0.15) is 0 Å². The Labute approximate surface area is 159 Å². The predicted octanol–water partition coefficient (Wildman–Crippen LogP) is 3.84. The molecule has 0 bridgehead atoms. The van der Waals surface area contributed by atoms with Gasteiger partial charge in [0.2, 0.25) is 11.8 Å². The van der Waals surface area contributed by atoms with Crippen LogP contribution in [0.25, 0.3) is 11.5 Å². The number of alkyl halides is 2. The molecule has 144 valence electrons. The van der Waals surface area contributed by atoms with E-state index in [1.165, 1.54) is 4.90 Å². The molecule has 1 aromatic heterocycles. The molecule has 1 aliphatic heterocycles. The van der Waals surface area contributed by atoms with E-state index in [1.807, 2.05) is 6.92 Å². The Kier molecular flexibility index (Phi) is 4.33. The summed E-state index contributed by atoms with van der Waals surface area (Å²) in [6.07, 6.45) is 0.697. The number of halogens is 3. The molecule has 27 heavy (non-hydrogen) atoms. The molecule has 9 heteroatoms. The van der Waals surface area contributed by atoms with Crippen LogP contribution in [0.3, 0.4) is 0 Å². The second-order valence-electron chi connectivity index (χ2n) is 7.20. The first-order chi connectivity index (χ1) is 12.8. The van der Waals surface area contributed by atoms with Crippen molar-refractivity contribution in [3.8, 4) is 11.5 Å². The normalized spacial score (nSPS) is 24.2. The second kappa shape index (κ2) is 6.44. The molecule has 0 unspecified atom stereocenters. The molecule has 2 aromatic rings. The third-order valence-electron chi connectivity index (χ3n) is 5.40. The van der Waals surface area contributed by atoms with Crippen LogP contribution in [-0.4, -0.2) is 46.1 Å². The summed E-state index contributed by atoms with van der Waals surface area (Å²) in [5.74, 6) is -2.56. The minimum absolute atomic E-state index is 0.108. The van der Waals surface area contributed by atoms with Crippen molar-refractivity contribution in [2.45, 2.75) is 38.2 Å². The van der Waals surface area contributed by atoms with Crippen LogP contribution in [0, 0.1) is 5.41 Å². The van der Waals surface area contributed by atoms with Crippen molar-refractivity contribution in [3.63, 3.8) is 0 Å². The minimum atomic E-state index is -2.64. The average Bonchev–Trinajstić information content (AvgIpc) is 3.05. The lowest BCUT2D eigenvalue weighted by atomic mass is 10.1. The summed E-state index contributed by atoms with van der Waals surface area (Å²) in [5.41, 5.74) is -0.301. The smallest absolute Gasteiger partial charge is 0.316 e. The average molecular weight is 397 g/mol. The summed E-state index contributed by atoms with van der Waals surface area (Å²) in [6.45, 7) is 2.30. The van der Waals surface area contributed by atoms with Gasteiger partial charge >= 0.3 is 6.01 Å². The fourth-order valence-corrected chi connectivity index (χ4v) is 3.71. The monoisotopic (exact) mass is 396 g/mol. The fourth-order valence-electron chi connectivity index (χ4n) is 3.58. The van der Waals surface area contributed by atoms with E-state index >= 15 is 0 Å². The molecule has 1 aliphatic carbocycles. The van der Waals surface area contributed by atoms with Crippen LogP contribution < -0.4 is 5.32 Å². The first kappa shape index (κ1) is 18.2. The number of rotatable bonds is 5. The molecule has 2 atom stereocenters. The molecule has 0 radical (unpaired) electrons. The van der Waals surface area contributed by atoms with Crippen LogP contribution in [0.5, 0.6) is 0 Å². The highest BCUT2D eigenvalue weighted by Gasteiger charge is 2.73. The maximum atomic E-state index is 13.6. The predicted molar refractivity (Wildman–Crippen MR) is 95.6 cm³/mol. The Morgan fingerprint density at radius 3 is 2.67 bits per heavy atom. The molecule has 1 aromatic carbocycles. The molecule has 1 N–H and O–H groups in total. The number of nitrogens with zero attached hydrogens (tertiary/aromatic N) is 3. The third-order valence-corrected chi connectivity index (χ3v) is 5.65. The lowest BCUT2D eigenvalue weighted by Crippen LogP contribution is -2.42. The quantitative estimate of drug-likeness (QED) is 0.831. The highest BCUT2D eigenvalue weighted by atomic mass is 35.5. The summed E-state index contributed by atoms with van der Waals surface area (Å²) >= 11 is 5.86. The van der Waals surface area contributed by atoms with Gasteiger partial charge in [-0.1, -0.05) is 23.6 Å². The maximum absolute atomic E-state index is 13.6. The summed E-state index contributed by atoms with van der Waals surface area (Å²) < 4.78 is 32.7. The number of hydrogen-bond donors (Lipinski definition) is 1. The van der Waals surface area contributed by atoms with Crippen molar-refractivity contribution in [1.29, 1.82) is 0 Å². The number of aromatic nitrogens is 2. The van der Waals surface area contributed by atoms with Gasteiger partial charge < -0.3 is 14.6 Å². The summed E-state index contributed by atoms with van der Waals surface area (Å²) in [5, 5.41) is 11.4. The van der Waals surface area contributed by atoms with Crippen LogP contribution in [0.15, 0.2) is 28.7 Å². The van der Waals surface area contributed by atoms with Crippen molar-refractivity contribution < 1.29 is 18.0 Å². The fraction of sp³-hybridized carbons (Fsp3) is 0.500. The topological polar surface area (TPSA) is 71.3 Å². The highest BCUT2D eigenvalue weighted by molar-refractivity contribution is 6.30. The molecule has 1 spiro atoms. The largest absolute Gasteiger partial charge is 0.403 e. The Bertz CT molecular complexity index is 857. The number of amides is 1. The molecule has 2 aliphatic rings. The van der Waals surface area contributed by atoms with Gasteiger partial charge in [-0.3, -0.25) is 4.79 Å². The zero-order valence-corrected chi connectivity index (χ0v) is 15.5. The lowest BCUT2D eigenvalue weighted by molar-refractivity contribution is -0.131. The van der Waals surface area contributed by atoms with Gasteiger partial charge in [-0.25, -0.2) is 8.78 Å². The number of hydrogen-bond acceptors (Lipinski definition) is 5. The zero-order valence-electron chi connectivity index (χ0n) is 14.7. The van der Waals surface area contributed by atoms with Gasteiger partial charge in [0.05, 0.1) is 5.41 Å². The van der Waals surface area contributed by atoms with Crippen LogP contribution in [-0.2, 0) is 4.79 Å². The molecule has 6 nitrogen and oxygen atoms in total. The first-order valence-corrected chi connectivity index (χ1v) is 9.24. The third kappa shape index (κ3) is 3.26. The molecular formula is C18H19ClF2N4O2. The van der Waals surface area contributed by atoms with Gasteiger partial charge in [0.1, 0.15) is 6.04 Å². The second-order valence-corrected chi connectivity index (χ2v) is 7.63. The molecule has 1 saturated carbocycles. The standard InChI is InChI=1S/C18H19ClF2N4O2/c1-2-13(15(26)25-8-7-17(10-25)9-18(17,20)21)22-16-24-23-14(27-16)11-3-5-12(19)6-4-11/h3-6,13H,2,7-10H2,1H3,(H,22,24)/t13-,17-/m1/s1. The Hall–Kier alpha value is -2.22. The lowest BCUT2D eigenvalue weighted by Gasteiger charge is -2.22. The van der Waals surface area contributed by atoms with Gasteiger partial charge in [-0.15, -0.1) is 5.10 Å². The van der Waals surface area contributed by atoms with Crippen molar-refractivity contribution in [2.24, 2.45) is 5.41 Å². The molecule has 2 heterocycles. The van der Waals surface area contributed by atoms with E-state index in [9.17, 15) is 13.6 Å². The van der Waals surface area contributed by atoms with Crippen LogP contribution in [0.2, 0.25) is 5.02 Å². The van der Waals surface area contributed by atoms with E-state index in [1.54, 1.807) is 24.3 Å². The van der Waals surface area contributed by atoms with Crippen molar-refractivity contribution in [1.82, 2.24) is 15.1 Å². The van der Waals surface area contributed by atoms with Crippen LogP contribution in [0.1, 0.15) is 26.2 Å². The van der Waals surface area contributed by atoms with E-state index < -0.39 is 17.4 Å². The van der Waals surface area contributed by atoms with E-state index in [2.05, 4.69) is 15.5 Å². The molecule has 4 rings (SSSR count). The Morgan fingerprint density at radius 2 is 2.07 bits per heavy atom. The van der Waals surface area contributed by atoms with Crippen LogP contribution >= 0.6 is 11.6 Å². The Balaban J connectivity index is 1.42. The molecule has 2 fully saturated rings.